The largest absolute Gasteiger partial charge is 0.390 e. The van der Waals surface area contributed by atoms with Gasteiger partial charge in [-0.1, -0.05) is 0 Å². The number of rotatable bonds is 3. The SMILES string of the molecule is CCNc1ccc(CO)nn1. The van der Waals surface area contributed by atoms with Gasteiger partial charge >= 0.3 is 0 Å². The van der Waals surface area contributed by atoms with Crippen LogP contribution in [0.2, 0.25) is 0 Å². The van der Waals surface area contributed by atoms with E-state index in [9.17, 15) is 0 Å². The van der Waals surface area contributed by atoms with Gasteiger partial charge in [-0.25, -0.2) is 0 Å². The maximum atomic E-state index is 8.64. The normalized spacial score (nSPS) is 9.64. The van der Waals surface area contributed by atoms with Crippen LogP contribution in [0.25, 0.3) is 0 Å². The molecule has 11 heavy (non-hydrogen) atoms. The van der Waals surface area contributed by atoms with Gasteiger partial charge in [0.05, 0.1) is 12.3 Å². The molecule has 0 spiro atoms. The van der Waals surface area contributed by atoms with Crippen LogP contribution in [-0.4, -0.2) is 21.8 Å². The van der Waals surface area contributed by atoms with E-state index in [1.165, 1.54) is 0 Å². The molecular formula is C7H11N3O. The van der Waals surface area contributed by atoms with Crippen molar-refractivity contribution in [1.82, 2.24) is 10.2 Å². The minimum atomic E-state index is -0.0561. The van der Waals surface area contributed by atoms with E-state index in [2.05, 4.69) is 15.5 Å². The van der Waals surface area contributed by atoms with Gasteiger partial charge in [-0.05, 0) is 19.1 Å². The average Bonchev–Trinajstić information content (AvgIpc) is 2.07. The third-order valence-electron chi connectivity index (χ3n) is 1.24. The van der Waals surface area contributed by atoms with Crippen molar-refractivity contribution in [1.29, 1.82) is 0 Å². The van der Waals surface area contributed by atoms with Gasteiger partial charge < -0.3 is 10.4 Å². The Morgan fingerprint density at radius 3 is 2.73 bits per heavy atom. The number of hydrogen-bond acceptors (Lipinski definition) is 4. The highest BCUT2D eigenvalue weighted by Gasteiger charge is 1.93. The number of hydrogen-bond donors (Lipinski definition) is 2. The Balaban J connectivity index is 2.66. The fourth-order valence-corrected chi connectivity index (χ4v) is 0.720. The Kier molecular flexibility index (Phi) is 2.80. The summed E-state index contributed by atoms with van der Waals surface area (Å²) >= 11 is 0. The van der Waals surface area contributed by atoms with Crippen molar-refractivity contribution in [2.24, 2.45) is 0 Å². The second kappa shape index (κ2) is 3.88. The molecule has 1 heterocycles. The number of aliphatic hydroxyl groups is 1. The monoisotopic (exact) mass is 153 g/mol. The van der Waals surface area contributed by atoms with Crippen LogP contribution in [0.4, 0.5) is 5.82 Å². The number of aliphatic hydroxyl groups excluding tert-OH is 1. The highest BCUT2D eigenvalue weighted by Crippen LogP contribution is 2.00. The van der Waals surface area contributed by atoms with Crippen molar-refractivity contribution in [3.05, 3.63) is 17.8 Å². The number of aromatic nitrogens is 2. The van der Waals surface area contributed by atoms with E-state index in [4.69, 9.17) is 5.11 Å². The predicted octanol–water partition coefficient (Wildman–Crippen LogP) is 0.401. The van der Waals surface area contributed by atoms with Crippen LogP contribution < -0.4 is 5.32 Å². The molecule has 0 saturated carbocycles. The maximum absolute atomic E-state index is 8.64. The third kappa shape index (κ3) is 2.16. The number of anilines is 1. The van der Waals surface area contributed by atoms with Crippen molar-refractivity contribution >= 4 is 5.82 Å². The molecule has 0 radical (unpaired) electrons. The fraction of sp³-hybridized carbons (Fsp3) is 0.429. The predicted molar refractivity (Wildman–Crippen MR) is 42.1 cm³/mol. The summed E-state index contributed by atoms with van der Waals surface area (Å²) in [5.74, 6) is 0.740. The van der Waals surface area contributed by atoms with Gasteiger partial charge in [-0.2, -0.15) is 5.10 Å². The summed E-state index contributed by atoms with van der Waals surface area (Å²) in [5, 5.41) is 19.2. The zero-order valence-corrected chi connectivity index (χ0v) is 6.41. The maximum Gasteiger partial charge on any atom is 0.148 e. The zero-order chi connectivity index (χ0) is 8.10. The smallest absolute Gasteiger partial charge is 0.148 e. The summed E-state index contributed by atoms with van der Waals surface area (Å²) in [4.78, 5) is 0. The van der Waals surface area contributed by atoms with Gasteiger partial charge in [0.25, 0.3) is 0 Å². The Morgan fingerprint density at radius 2 is 2.27 bits per heavy atom. The van der Waals surface area contributed by atoms with Crippen molar-refractivity contribution in [2.75, 3.05) is 11.9 Å². The molecule has 0 aliphatic carbocycles. The molecule has 4 heteroatoms. The lowest BCUT2D eigenvalue weighted by Gasteiger charge is -1.99. The topological polar surface area (TPSA) is 58.0 Å². The van der Waals surface area contributed by atoms with Crippen LogP contribution in [0, 0.1) is 0 Å². The lowest BCUT2D eigenvalue weighted by molar-refractivity contribution is 0.275. The first-order valence-electron chi connectivity index (χ1n) is 3.54. The van der Waals surface area contributed by atoms with Gasteiger partial charge in [0, 0.05) is 6.54 Å². The molecule has 0 aliphatic heterocycles. The van der Waals surface area contributed by atoms with Crippen LogP contribution in [0.1, 0.15) is 12.6 Å². The first-order valence-corrected chi connectivity index (χ1v) is 3.54. The first-order chi connectivity index (χ1) is 5.36. The van der Waals surface area contributed by atoms with Crippen LogP contribution >= 0.6 is 0 Å². The molecule has 1 aromatic heterocycles. The molecule has 4 nitrogen and oxygen atoms in total. The summed E-state index contributed by atoms with van der Waals surface area (Å²) in [6.45, 7) is 2.76. The van der Waals surface area contributed by atoms with Crippen LogP contribution in [-0.2, 0) is 6.61 Å². The Morgan fingerprint density at radius 1 is 1.45 bits per heavy atom. The number of nitrogens with one attached hydrogen (secondary N) is 1. The molecule has 0 saturated heterocycles. The van der Waals surface area contributed by atoms with E-state index >= 15 is 0 Å². The van der Waals surface area contributed by atoms with Gasteiger partial charge in [0.15, 0.2) is 0 Å². The molecule has 1 rings (SSSR count). The zero-order valence-electron chi connectivity index (χ0n) is 6.41. The van der Waals surface area contributed by atoms with Crippen molar-refractivity contribution < 1.29 is 5.11 Å². The van der Waals surface area contributed by atoms with Gasteiger partial charge in [-0.15, -0.1) is 5.10 Å². The first kappa shape index (κ1) is 7.94. The van der Waals surface area contributed by atoms with Gasteiger partial charge in [0.1, 0.15) is 5.82 Å². The summed E-state index contributed by atoms with van der Waals surface area (Å²) < 4.78 is 0. The molecule has 0 unspecified atom stereocenters. The minimum absolute atomic E-state index is 0.0561. The second-order valence-corrected chi connectivity index (χ2v) is 2.10. The van der Waals surface area contributed by atoms with E-state index in [-0.39, 0.29) is 6.61 Å². The Bertz CT molecular complexity index is 209. The van der Waals surface area contributed by atoms with Crippen LogP contribution in [0.15, 0.2) is 12.1 Å². The Hall–Kier alpha value is -1.16. The van der Waals surface area contributed by atoms with Gasteiger partial charge in [0.2, 0.25) is 0 Å². The van der Waals surface area contributed by atoms with Crippen molar-refractivity contribution in [3.8, 4) is 0 Å². The summed E-state index contributed by atoms with van der Waals surface area (Å²) in [6, 6.07) is 3.53. The standard InChI is InChI=1S/C7H11N3O/c1-2-8-7-4-3-6(5-11)9-10-7/h3-4,11H,2,5H2,1H3,(H,8,10). The van der Waals surface area contributed by atoms with E-state index in [1.807, 2.05) is 6.92 Å². The molecule has 0 aliphatic rings. The second-order valence-electron chi connectivity index (χ2n) is 2.10. The number of nitrogens with zero attached hydrogens (tertiary/aromatic N) is 2. The molecule has 1 aromatic rings. The quantitative estimate of drug-likeness (QED) is 0.660. The van der Waals surface area contributed by atoms with Crippen LogP contribution in [0.5, 0.6) is 0 Å². The highest BCUT2D eigenvalue weighted by atomic mass is 16.3. The average molecular weight is 153 g/mol. The van der Waals surface area contributed by atoms with Crippen molar-refractivity contribution in [3.63, 3.8) is 0 Å². The van der Waals surface area contributed by atoms with E-state index < -0.39 is 0 Å². The molecule has 0 bridgehead atoms. The molecule has 0 atom stereocenters. The summed E-state index contributed by atoms with van der Waals surface area (Å²) in [6.07, 6.45) is 0. The highest BCUT2D eigenvalue weighted by molar-refractivity contribution is 5.32. The summed E-state index contributed by atoms with van der Waals surface area (Å²) in [7, 11) is 0. The molecule has 2 N–H and O–H groups in total. The Labute approximate surface area is 65.3 Å². The molecule has 0 amide bonds. The lowest BCUT2D eigenvalue weighted by atomic mass is 10.4. The van der Waals surface area contributed by atoms with E-state index in [1.54, 1.807) is 12.1 Å². The molecular weight excluding hydrogens is 142 g/mol. The van der Waals surface area contributed by atoms with Gasteiger partial charge in [-0.3, -0.25) is 0 Å². The fourth-order valence-electron chi connectivity index (χ4n) is 0.720. The molecule has 0 aromatic carbocycles. The molecule has 60 valence electrons. The van der Waals surface area contributed by atoms with E-state index in [0.29, 0.717) is 5.69 Å². The minimum Gasteiger partial charge on any atom is -0.390 e. The van der Waals surface area contributed by atoms with Crippen molar-refractivity contribution in [2.45, 2.75) is 13.5 Å². The van der Waals surface area contributed by atoms with Crippen LogP contribution in [0.3, 0.4) is 0 Å². The summed E-state index contributed by atoms with van der Waals surface area (Å²) in [5.41, 5.74) is 0.589. The molecule has 0 fully saturated rings. The van der Waals surface area contributed by atoms with E-state index in [0.717, 1.165) is 12.4 Å². The lowest BCUT2D eigenvalue weighted by Crippen LogP contribution is -2.01. The third-order valence-corrected chi connectivity index (χ3v) is 1.24.